The fraction of sp³-hybridized carbons (Fsp3) is 0.250. The highest BCUT2D eigenvalue weighted by Crippen LogP contribution is 2.32. The Labute approximate surface area is 168 Å². The summed E-state index contributed by atoms with van der Waals surface area (Å²) in [7, 11) is 0. The van der Waals surface area contributed by atoms with E-state index < -0.39 is 0 Å². The van der Waals surface area contributed by atoms with Crippen molar-refractivity contribution >= 4 is 28.6 Å². The normalized spacial score (nSPS) is 17.0. The Morgan fingerprint density at radius 3 is 2.86 bits per heavy atom. The lowest BCUT2D eigenvalue weighted by molar-refractivity contribution is 0.251. The Morgan fingerprint density at radius 1 is 1.31 bits per heavy atom. The zero-order chi connectivity index (χ0) is 20.4. The average Bonchev–Trinajstić information content (AvgIpc) is 3.34. The first kappa shape index (κ1) is 18.8. The van der Waals surface area contributed by atoms with Crippen LogP contribution in [-0.4, -0.2) is 40.0 Å². The van der Waals surface area contributed by atoms with Gasteiger partial charge in [0.15, 0.2) is 5.84 Å². The second kappa shape index (κ2) is 7.80. The lowest BCUT2D eigenvalue weighted by Gasteiger charge is -2.23. The van der Waals surface area contributed by atoms with Crippen LogP contribution in [0.4, 0.5) is 10.5 Å². The van der Waals surface area contributed by atoms with Crippen LogP contribution in [0.5, 0.6) is 0 Å². The molecule has 2 amide bonds. The highest BCUT2D eigenvalue weighted by molar-refractivity contribution is 5.98. The Hall–Kier alpha value is -3.59. The lowest BCUT2D eigenvalue weighted by atomic mass is 10.0. The molecule has 1 aliphatic heterocycles. The molecule has 29 heavy (non-hydrogen) atoms. The third-order valence-corrected chi connectivity index (χ3v) is 4.94. The Kier molecular flexibility index (Phi) is 5.05. The zero-order valence-corrected chi connectivity index (χ0v) is 16.2. The number of nitrogens with zero attached hydrogens (tertiary/aromatic N) is 4. The number of carbonyl (C=O) groups excluding carboxylic acids is 1. The summed E-state index contributed by atoms with van der Waals surface area (Å²) >= 11 is 0. The molecule has 9 nitrogen and oxygen atoms in total. The fourth-order valence-corrected chi connectivity index (χ4v) is 3.49. The number of urea groups is 1. The molecule has 6 N–H and O–H groups in total. The first-order chi connectivity index (χ1) is 14.1. The number of benzene rings is 2. The molecule has 0 spiro atoms. The number of hydrazine groups is 1. The first-order valence-corrected chi connectivity index (χ1v) is 9.53. The quantitative estimate of drug-likeness (QED) is 0.221. The third kappa shape index (κ3) is 3.72. The highest BCUT2D eigenvalue weighted by atomic mass is 16.2. The van der Waals surface area contributed by atoms with Gasteiger partial charge in [-0.1, -0.05) is 31.2 Å². The summed E-state index contributed by atoms with van der Waals surface area (Å²) < 4.78 is 0. The van der Waals surface area contributed by atoms with Crippen molar-refractivity contribution in [2.24, 2.45) is 16.7 Å². The van der Waals surface area contributed by atoms with E-state index in [9.17, 15) is 4.79 Å². The first-order valence-electron chi connectivity index (χ1n) is 9.53. The molecule has 4 rings (SSSR count). The largest absolute Gasteiger partial charge is 0.382 e. The van der Waals surface area contributed by atoms with Crippen LogP contribution in [0.25, 0.3) is 11.0 Å². The third-order valence-electron chi connectivity index (χ3n) is 4.94. The van der Waals surface area contributed by atoms with Crippen LogP contribution in [0.15, 0.2) is 53.9 Å². The van der Waals surface area contributed by atoms with Crippen LogP contribution in [0.1, 0.15) is 30.5 Å². The minimum atomic E-state index is -0.131. The van der Waals surface area contributed by atoms with Crippen molar-refractivity contribution in [1.29, 1.82) is 0 Å². The highest BCUT2D eigenvalue weighted by Gasteiger charge is 2.33. The van der Waals surface area contributed by atoms with Gasteiger partial charge in [-0.25, -0.2) is 20.7 Å². The molecule has 1 atom stereocenters. The maximum absolute atomic E-state index is 12.5. The number of nitrogens with two attached hydrogens (primary N) is 2. The van der Waals surface area contributed by atoms with E-state index in [1.165, 1.54) is 5.12 Å². The van der Waals surface area contributed by atoms with Crippen molar-refractivity contribution in [3.8, 4) is 0 Å². The fourth-order valence-electron chi connectivity index (χ4n) is 3.49. The van der Waals surface area contributed by atoms with E-state index in [2.05, 4.69) is 20.4 Å². The Morgan fingerprint density at radius 2 is 2.10 bits per heavy atom. The van der Waals surface area contributed by atoms with Gasteiger partial charge in [-0.15, -0.1) is 5.10 Å². The number of amides is 2. The number of fused-ring (bicyclic) bond motifs is 1. The molecule has 3 aromatic rings. The van der Waals surface area contributed by atoms with Crippen LogP contribution in [-0.2, 0) is 0 Å². The number of amidine groups is 1. The Balaban J connectivity index is 1.59. The summed E-state index contributed by atoms with van der Waals surface area (Å²) in [6.07, 6.45) is 2.53. The van der Waals surface area contributed by atoms with Crippen molar-refractivity contribution in [1.82, 2.24) is 20.4 Å². The average molecular weight is 392 g/mol. The van der Waals surface area contributed by atoms with E-state index >= 15 is 0 Å². The number of hydrogen-bond donors (Lipinski definition) is 4. The molecule has 1 aliphatic rings. The predicted octanol–water partition coefficient (Wildman–Crippen LogP) is 2.04. The predicted molar refractivity (Wildman–Crippen MR) is 113 cm³/mol. The molecule has 0 radical (unpaired) electrons. The van der Waals surface area contributed by atoms with Gasteiger partial charge in [-0.2, -0.15) is 0 Å². The van der Waals surface area contributed by atoms with Gasteiger partial charge in [0.1, 0.15) is 0 Å². The van der Waals surface area contributed by atoms with Gasteiger partial charge in [0, 0.05) is 17.8 Å². The van der Waals surface area contributed by atoms with Crippen molar-refractivity contribution < 1.29 is 4.79 Å². The number of anilines is 1. The van der Waals surface area contributed by atoms with Crippen molar-refractivity contribution in [2.45, 2.75) is 19.4 Å². The van der Waals surface area contributed by atoms with E-state index in [4.69, 9.17) is 11.6 Å². The molecule has 1 unspecified atom stereocenters. The number of H-pyrrole nitrogens is 1. The molecular formula is C20H24N8O. The number of aromatic amines is 1. The molecule has 1 aromatic heterocycles. The van der Waals surface area contributed by atoms with Gasteiger partial charge in [0.05, 0.1) is 29.9 Å². The minimum Gasteiger partial charge on any atom is -0.382 e. The molecule has 1 saturated heterocycles. The second-order valence-corrected chi connectivity index (χ2v) is 6.95. The summed E-state index contributed by atoms with van der Waals surface area (Å²) in [6, 6.07) is 13.2. The number of hydrazone groups is 1. The van der Waals surface area contributed by atoms with Gasteiger partial charge in [-0.3, -0.25) is 4.90 Å². The zero-order valence-electron chi connectivity index (χ0n) is 16.2. The van der Waals surface area contributed by atoms with Gasteiger partial charge >= 0.3 is 6.03 Å². The summed E-state index contributed by atoms with van der Waals surface area (Å²) in [4.78, 5) is 21.6. The summed E-state index contributed by atoms with van der Waals surface area (Å²) in [6.45, 7) is 3.17. The number of nitrogens with one attached hydrogen (secondary N) is 2. The van der Waals surface area contributed by atoms with Gasteiger partial charge < -0.3 is 16.0 Å². The van der Waals surface area contributed by atoms with Crippen LogP contribution >= 0.6 is 0 Å². The van der Waals surface area contributed by atoms with E-state index in [-0.39, 0.29) is 12.1 Å². The standard InChI is InChI=1S/C20H24N8O/c1-2-9-27(22)26-19(21)14-5-3-13(4-6-14)18-11-23-20(29)28(18)15-7-8-16-17(10-15)25-12-24-16/h3-8,10,12,18H,2,9,11,22H2,1H3,(H2,21,26)(H,23,29)(H,24,25). The molecule has 150 valence electrons. The van der Waals surface area contributed by atoms with Gasteiger partial charge in [0.25, 0.3) is 0 Å². The van der Waals surface area contributed by atoms with Crippen LogP contribution < -0.4 is 21.8 Å². The maximum Gasteiger partial charge on any atom is 0.322 e. The molecule has 9 heteroatoms. The van der Waals surface area contributed by atoms with Crippen molar-refractivity contribution in [2.75, 3.05) is 18.0 Å². The Bertz CT molecular complexity index is 1040. The van der Waals surface area contributed by atoms with Crippen LogP contribution in [0.2, 0.25) is 0 Å². The molecular weight excluding hydrogens is 368 g/mol. The monoisotopic (exact) mass is 392 g/mol. The van der Waals surface area contributed by atoms with Crippen LogP contribution in [0.3, 0.4) is 0 Å². The summed E-state index contributed by atoms with van der Waals surface area (Å²) in [5.74, 6) is 6.14. The molecule has 1 fully saturated rings. The number of imidazole rings is 1. The van der Waals surface area contributed by atoms with E-state index in [0.29, 0.717) is 18.9 Å². The molecule has 0 aliphatic carbocycles. The van der Waals surface area contributed by atoms with Crippen molar-refractivity contribution in [3.63, 3.8) is 0 Å². The maximum atomic E-state index is 12.5. The summed E-state index contributed by atoms with van der Waals surface area (Å²) in [5, 5.41) is 8.45. The molecule has 0 bridgehead atoms. The van der Waals surface area contributed by atoms with E-state index in [1.54, 1.807) is 11.2 Å². The lowest BCUT2D eigenvalue weighted by Crippen LogP contribution is -2.30. The summed E-state index contributed by atoms with van der Waals surface area (Å²) in [5.41, 5.74) is 10.4. The van der Waals surface area contributed by atoms with Gasteiger partial charge in [0.2, 0.25) is 0 Å². The number of hydrogen-bond acceptors (Lipinski definition) is 5. The van der Waals surface area contributed by atoms with E-state index in [0.717, 1.165) is 34.3 Å². The van der Waals surface area contributed by atoms with Gasteiger partial charge in [-0.05, 0) is 30.2 Å². The number of aromatic nitrogens is 2. The van der Waals surface area contributed by atoms with Crippen molar-refractivity contribution in [3.05, 3.63) is 59.9 Å². The molecule has 0 saturated carbocycles. The van der Waals surface area contributed by atoms with E-state index in [1.807, 2.05) is 49.4 Å². The SMILES string of the molecule is CCCN(N)/N=C(\N)c1ccc(C2CNC(=O)N2c2ccc3[nH]cnc3c2)cc1. The van der Waals surface area contributed by atoms with Crippen LogP contribution in [0, 0.1) is 0 Å². The number of carbonyl (C=O) groups is 1. The number of rotatable bonds is 6. The molecule has 2 heterocycles. The smallest absolute Gasteiger partial charge is 0.322 e. The second-order valence-electron chi connectivity index (χ2n) is 6.95. The molecule has 2 aromatic carbocycles. The minimum absolute atomic E-state index is 0.128. The topological polar surface area (TPSA) is 129 Å².